The van der Waals surface area contributed by atoms with Gasteiger partial charge in [-0.1, -0.05) is 30.3 Å². The molecule has 0 radical (unpaired) electrons. The third kappa shape index (κ3) is 2.80. The molecular formula is C16H25BN2. The molecule has 1 aliphatic rings. The van der Waals surface area contributed by atoms with Crippen LogP contribution in [0.25, 0.3) is 0 Å². The molecule has 0 atom stereocenters. The first-order valence-electron chi connectivity index (χ1n) is 7.01. The van der Waals surface area contributed by atoms with Crippen LogP contribution < -0.4 is 5.46 Å². The van der Waals surface area contributed by atoms with Gasteiger partial charge in [-0.05, 0) is 47.0 Å². The maximum Gasteiger partial charge on any atom is 0.411 e. The fourth-order valence-electron chi connectivity index (χ4n) is 2.57. The van der Waals surface area contributed by atoms with Crippen LogP contribution >= 0.6 is 0 Å². The standard InChI is InChI=1S/C16H25BN2/c1-15(2,3)18-12-13-19(16(4,5)6)17(18)14-10-8-7-9-11-14/h7-13H,1-6H3. The Kier molecular flexibility index (Phi) is 3.42. The maximum absolute atomic E-state index is 2.44. The van der Waals surface area contributed by atoms with Gasteiger partial charge in [0.05, 0.1) is 0 Å². The Morgan fingerprint density at radius 2 is 1.16 bits per heavy atom. The van der Waals surface area contributed by atoms with E-state index in [0.29, 0.717) is 0 Å². The third-order valence-corrected chi connectivity index (χ3v) is 3.56. The minimum Gasteiger partial charge on any atom is -0.392 e. The molecule has 102 valence electrons. The lowest BCUT2D eigenvalue weighted by Crippen LogP contribution is -2.62. The normalized spacial score (nSPS) is 16.4. The van der Waals surface area contributed by atoms with E-state index in [0.717, 1.165) is 0 Å². The second kappa shape index (κ2) is 4.62. The number of benzene rings is 1. The van der Waals surface area contributed by atoms with Crippen LogP contribution in [0, 0.1) is 0 Å². The molecule has 1 aromatic rings. The molecule has 19 heavy (non-hydrogen) atoms. The van der Waals surface area contributed by atoms with E-state index < -0.39 is 0 Å². The van der Waals surface area contributed by atoms with Crippen LogP contribution in [0.15, 0.2) is 42.7 Å². The zero-order valence-corrected chi connectivity index (χ0v) is 13.0. The SMILES string of the molecule is CC(C)(C)N1C=CN(C(C)(C)C)B1c1ccccc1. The highest BCUT2D eigenvalue weighted by atomic mass is 15.3. The van der Waals surface area contributed by atoms with Crippen LogP contribution in [0.1, 0.15) is 41.5 Å². The summed E-state index contributed by atoms with van der Waals surface area (Å²) in [5.41, 5.74) is 1.56. The highest BCUT2D eigenvalue weighted by Crippen LogP contribution is 2.28. The van der Waals surface area contributed by atoms with E-state index >= 15 is 0 Å². The van der Waals surface area contributed by atoms with E-state index in [9.17, 15) is 0 Å². The van der Waals surface area contributed by atoms with Crippen LogP contribution in [0.2, 0.25) is 0 Å². The van der Waals surface area contributed by atoms with E-state index in [1.165, 1.54) is 5.46 Å². The van der Waals surface area contributed by atoms with Crippen molar-refractivity contribution in [3.8, 4) is 0 Å². The van der Waals surface area contributed by atoms with Gasteiger partial charge in [0.15, 0.2) is 0 Å². The summed E-state index contributed by atoms with van der Waals surface area (Å²) in [4.78, 5) is 4.88. The van der Waals surface area contributed by atoms with Crippen molar-refractivity contribution >= 4 is 12.4 Å². The second-order valence-corrected chi connectivity index (χ2v) is 7.24. The van der Waals surface area contributed by atoms with E-state index in [-0.39, 0.29) is 18.1 Å². The molecule has 0 fully saturated rings. The molecule has 0 N–H and O–H groups in total. The fraction of sp³-hybridized carbons (Fsp3) is 0.500. The lowest BCUT2D eigenvalue weighted by molar-refractivity contribution is 0.286. The van der Waals surface area contributed by atoms with E-state index in [4.69, 9.17) is 0 Å². The van der Waals surface area contributed by atoms with Gasteiger partial charge in [-0.2, -0.15) is 0 Å². The van der Waals surface area contributed by atoms with Gasteiger partial charge in [-0.3, -0.25) is 0 Å². The third-order valence-electron chi connectivity index (χ3n) is 3.56. The Bertz CT molecular complexity index is 430. The Morgan fingerprint density at radius 1 is 0.737 bits per heavy atom. The zero-order chi connectivity index (χ0) is 14.3. The summed E-state index contributed by atoms with van der Waals surface area (Å²) in [7, 11) is 0. The van der Waals surface area contributed by atoms with E-state index in [1.54, 1.807) is 0 Å². The highest BCUT2D eigenvalue weighted by molar-refractivity contribution is 6.69. The molecule has 0 spiro atoms. The largest absolute Gasteiger partial charge is 0.411 e. The Labute approximate surface area is 118 Å². The second-order valence-electron chi connectivity index (χ2n) is 7.24. The summed E-state index contributed by atoms with van der Waals surface area (Å²) in [6.07, 6.45) is 4.45. The lowest BCUT2D eigenvalue weighted by Gasteiger charge is -2.43. The molecule has 3 heteroatoms. The summed E-state index contributed by atoms with van der Waals surface area (Å²) in [6, 6.07) is 10.8. The molecule has 0 saturated carbocycles. The molecule has 0 saturated heterocycles. The van der Waals surface area contributed by atoms with Crippen molar-refractivity contribution in [3.05, 3.63) is 42.7 Å². The predicted molar refractivity (Wildman–Crippen MR) is 84.2 cm³/mol. The summed E-state index contributed by atoms with van der Waals surface area (Å²) >= 11 is 0. The first-order chi connectivity index (χ1) is 8.71. The summed E-state index contributed by atoms with van der Waals surface area (Å²) in [5.74, 6) is 0. The zero-order valence-electron chi connectivity index (χ0n) is 13.0. The van der Waals surface area contributed by atoms with Gasteiger partial charge in [0.2, 0.25) is 0 Å². The van der Waals surface area contributed by atoms with E-state index in [1.807, 2.05) is 0 Å². The number of hydrogen-bond donors (Lipinski definition) is 0. The molecule has 0 unspecified atom stereocenters. The molecule has 0 amide bonds. The first-order valence-corrected chi connectivity index (χ1v) is 7.01. The van der Waals surface area contributed by atoms with Crippen LogP contribution in [0.4, 0.5) is 0 Å². The van der Waals surface area contributed by atoms with Crippen LogP contribution in [0.3, 0.4) is 0 Å². The molecule has 2 nitrogen and oxygen atoms in total. The Hall–Kier alpha value is -1.38. The smallest absolute Gasteiger partial charge is 0.392 e. The van der Waals surface area contributed by atoms with E-state index in [2.05, 4.69) is 93.9 Å². The lowest BCUT2D eigenvalue weighted by atomic mass is 9.61. The topological polar surface area (TPSA) is 6.48 Å². The average molecular weight is 256 g/mol. The summed E-state index contributed by atoms with van der Waals surface area (Å²) < 4.78 is 0. The van der Waals surface area contributed by atoms with Crippen LogP contribution in [0.5, 0.6) is 0 Å². The van der Waals surface area contributed by atoms with Crippen molar-refractivity contribution in [3.63, 3.8) is 0 Å². The molecule has 1 heterocycles. The highest BCUT2D eigenvalue weighted by Gasteiger charge is 2.43. The molecule has 1 aliphatic heterocycles. The number of hydrogen-bond acceptors (Lipinski definition) is 2. The van der Waals surface area contributed by atoms with Crippen LogP contribution in [-0.2, 0) is 0 Å². The van der Waals surface area contributed by atoms with Crippen molar-refractivity contribution in [2.45, 2.75) is 52.6 Å². The van der Waals surface area contributed by atoms with Crippen LogP contribution in [-0.4, -0.2) is 27.7 Å². The van der Waals surface area contributed by atoms with Crippen molar-refractivity contribution in [1.82, 2.24) is 9.62 Å². The monoisotopic (exact) mass is 256 g/mol. The fourth-order valence-corrected chi connectivity index (χ4v) is 2.57. The Morgan fingerprint density at radius 3 is 1.53 bits per heavy atom. The maximum atomic E-state index is 2.44. The first kappa shape index (κ1) is 14.0. The molecule has 0 aromatic heterocycles. The quantitative estimate of drug-likeness (QED) is 0.712. The molecule has 0 aliphatic carbocycles. The van der Waals surface area contributed by atoms with Gasteiger partial charge in [0.25, 0.3) is 0 Å². The average Bonchev–Trinajstić information content (AvgIpc) is 2.73. The summed E-state index contributed by atoms with van der Waals surface area (Å²) in [6.45, 7) is 13.9. The Balaban J connectivity index is 2.43. The van der Waals surface area contributed by atoms with Gasteiger partial charge in [-0.15, -0.1) is 0 Å². The van der Waals surface area contributed by atoms with Crippen molar-refractivity contribution in [1.29, 1.82) is 0 Å². The molecule has 2 rings (SSSR count). The van der Waals surface area contributed by atoms with Gasteiger partial charge in [0.1, 0.15) is 0 Å². The predicted octanol–water partition coefficient (Wildman–Crippen LogP) is 3.07. The van der Waals surface area contributed by atoms with Gasteiger partial charge >= 0.3 is 6.98 Å². The van der Waals surface area contributed by atoms with Crippen molar-refractivity contribution in [2.24, 2.45) is 0 Å². The van der Waals surface area contributed by atoms with Crippen molar-refractivity contribution < 1.29 is 0 Å². The molecule has 1 aromatic carbocycles. The number of nitrogens with zero attached hydrogens (tertiary/aromatic N) is 2. The minimum atomic E-state index is 0.108. The van der Waals surface area contributed by atoms with Crippen molar-refractivity contribution in [2.75, 3.05) is 0 Å². The van der Waals surface area contributed by atoms with Gasteiger partial charge in [-0.25, -0.2) is 0 Å². The summed E-state index contributed by atoms with van der Waals surface area (Å²) in [5, 5.41) is 0. The minimum absolute atomic E-state index is 0.108. The van der Waals surface area contributed by atoms with Gasteiger partial charge < -0.3 is 9.62 Å². The molecule has 0 bridgehead atoms. The van der Waals surface area contributed by atoms with Gasteiger partial charge in [0, 0.05) is 23.5 Å². The number of rotatable bonds is 1. The molecular weight excluding hydrogens is 231 g/mol.